The number of nitrogens with one attached hydrogen (secondary N) is 2. The molecule has 0 spiro atoms. The standard InChI is InChI=1S/C31H38FN3O4S/c1-31(2,3)28-19-24(27-20-25(32)21-33-30(27)36)18-23(29(28)39-4)11-8-22-9-12-26(13-10-22)34-40(37,38)17-7-16-35-14-5-6-15-35/h8-13,18-21,34H,5-7,14-17H2,1-4H3,(H,33,36)/b11-8+. The fraction of sp³-hybridized carbons (Fsp3) is 0.387. The van der Waals surface area contributed by atoms with Crippen molar-refractivity contribution in [1.82, 2.24) is 9.88 Å². The summed E-state index contributed by atoms with van der Waals surface area (Å²) in [6.45, 7) is 9.05. The van der Waals surface area contributed by atoms with Gasteiger partial charge in [-0.1, -0.05) is 45.1 Å². The summed E-state index contributed by atoms with van der Waals surface area (Å²) in [6, 6.07) is 12.0. The number of halogens is 1. The van der Waals surface area contributed by atoms with Crippen LogP contribution in [-0.4, -0.2) is 50.8 Å². The molecule has 2 heterocycles. The first-order valence-electron chi connectivity index (χ1n) is 13.6. The number of sulfonamides is 1. The minimum absolute atomic E-state index is 0.0888. The van der Waals surface area contributed by atoms with Crippen LogP contribution in [0.15, 0.2) is 53.5 Å². The van der Waals surface area contributed by atoms with Crippen LogP contribution in [0.4, 0.5) is 10.1 Å². The van der Waals surface area contributed by atoms with Crippen LogP contribution in [0, 0.1) is 5.82 Å². The van der Waals surface area contributed by atoms with Crippen LogP contribution < -0.4 is 15.0 Å². The molecule has 1 aromatic heterocycles. The molecular weight excluding hydrogens is 529 g/mol. The predicted molar refractivity (Wildman–Crippen MR) is 161 cm³/mol. The number of likely N-dealkylation sites (tertiary alicyclic amines) is 1. The topological polar surface area (TPSA) is 91.5 Å². The first kappa shape index (κ1) is 29.6. The Labute approximate surface area is 236 Å². The lowest BCUT2D eigenvalue weighted by Crippen LogP contribution is -2.24. The number of rotatable bonds is 10. The van der Waals surface area contributed by atoms with E-state index in [2.05, 4.69) is 14.6 Å². The lowest BCUT2D eigenvalue weighted by molar-refractivity contribution is 0.340. The average molecular weight is 568 g/mol. The molecule has 0 unspecified atom stereocenters. The molecule has 0 saturated carbocycles. The maximum Gasteiger partial charge on any atom is 0.256 e. The van der Waals surface area contributed by atoms with Crippen LogP contribution in [-0.2, 0) is 15.4 Å². The van der Waals surface area contributed by atoms with E-state index in [9.17, 15) is 17.6 Å². The monoisotopic (exact) mass is 567 g/mol. The maximum absolute atomic E-state index is 14.0. The summed E-state index contributed by atoms with van der Waals surface area (Å²) >= 11 is 0. The van der Waals surface area contributed by atoms with Gasteiger partial charge in [-0.05, 0) is 85.8 Å². The van der Waals surface area contributed by atoms with Crippen LogP contribution in [0.25, 0.3) is 23.3 Å². The van der Waals surface area contributed by atoms with Crippen LogP contribution >= 0.6 is 0 Å². The number of anilines is 1. The van der Waals surface area contributed by atoms with Crippen LogP contribution in [0.5, 0.6) is 5.75 Å². The van der Waals surface area contributed by atoms with Crippen molar-refractivity contribution >= 4 is 27.9 Å². The second-order valence-corrected chi connectivity index (χ2v) is 13.1. The zero-order valence-electron chi connectivity index (χ0n) is 23.6. The predicted octanol–water partition coefficient (Wildman–Crippen LogP) is 5.89. The molecule has 0 atom stereocenters. The van der Waals surface area contributed by atoms with E-state index in [0.29, 0.717) is 23.4 Å². The number of H-pyrrole nitrogens is 1. The van der Waals surface area contributed by atoms with Gasteiger partial charge >= 0.3 is 0 Å². The van der Waals surface area contributed by atoms with E-state index in [1.807, 2.05) is 51.1 Å². The Balaban J connectivity index is 1.54. The summed E-state index contributed by atoms with van der Waals surface area (Å²) in [4.78, 5) is 17.3. The highest BCUT2D eigenvalue weighted by Crippen LogP contribution is 2.38. The molecule has 0 bridgehead atoms. The molecule has 1 aliphatic rings. The lowest BCUT2D eigenvalue weighted by atomic mass is 9.83. The molecule has 7 nitrogen and oxygen atoms in total. The van der Waals surface area contributed by atoms with Gasteiger partial charge in [-0.2, -0.15) is 0 Å². The van der Waals surface area contributed by atoms with Crippen LogP contribution in [0.2, 0.25) is 0 Å². The van der Waals surface area contributed by atoms with E-state index < -0.39 is 15.8 Å². The van der Waals surface area contributed by atoms with Crippen molar-refractivity contribution in [2.24, 2.45) is 0 Å². The second-order valence-electron chi connectivity index (χ2n) is 11.2. The third kappa shape index (κ3) is 7.61. The van der Waals surface area contributed by atoms with Gasteiger partial charge in [0.15, 0.2) is 0 Å². The van der Waals surface area contributed by atoms with Gasteiger partial charge in [-0.3, -0.25) is 9.52 Å². The summed E-state index contributed by atoms with van der Waals surface area (Å²) in [5, 5.41) is 0. The fourth-order valence-electron chi connectivity index (χ4n) is 4.95. The number of hydrogen-bond acceptors (Lipinski definition) is 5. The van der Waals surface area contributed by atoms with Crippen LogP contribution in [0.3, 0.4) is 0 Å². The van der Waals surface area contributed by atoms with Crippen molar-refractivity contribution < 1.29 is 17.5 Å². The zero-order valence-corrected chi connectivity index (χ0v) is 24.4. The third-order valence-corrected chi connectivity index (χ3v) is 8.41. The molecule has 1 aliphatic heterocycles. The number of aromatic nitrogens is 1. The van der Waals surface area contributed by atoms with Gasteiger partial charge in [0.2, 0.25) is 10.0 Å². The molecule has 2 aromatic carbocycles. The van der Waals surface area contributed by atoms with Crippen molar-refractivity contribution in [3.63, 3.8) is 0 Å². The van der Waals surface area contributed by atoms with Gasteiger partial charge in [0.25, 0.3) is 5.56 Å². The number of aromatic amines is 1. The Bertz CT molecular complexity index is 1520. The van der Waals surface area contributed by atoms with E-state index >= 15 is 0 Å². The number of pyridine rings is 1. The molecular formula is C31H38FN3O4S. The Hall–Kier alpha value is -3.43. The molecule has 3 aromatic rings. The number of ether oxygens (including phenoxy) is 1. The SMILES string of the molecule is COc1c(/C=C/c2ccc(NS(=O)(=O)CCCN3CCCC3)cc2)cc(-c2cc(F)c[nH]c2=O)cc1C(C)(C)C. The van der Waals surface area contributed by atoms with Gasteiger partial charge in [0.05, 0.1) is 12.9 Å². The zero-order chi connectivity index (χ0) is 28.9. The Kier molecular flexibility index (Phi) is 9.15. The highest BCUT2D eigenvalue weighted by Gasteiger charge is 2.23. The second kappa shape index (κ2) is 12.4. The van der Waals surface area contributed by atoms with E-state index in [1.165, 1.54) is 18.9 Å². The summed E-state index contributed by atoms with van der Waals surface area (Å²) in [5.74, 6) is 0.228. The van der Waals surface area contributed by atoms with Gasteiger partial charge in [-0.15, -0.1) is 0 Å². The molecule has 40 heavy (non-hydrogen) atoms. The third-order valence-electron chi connectivity index (χ3n) is 7.03. The highest BCUT2D eigenvalue weighted by atomic mass is 32.2. The average Bonchev–Trinajstić information content (AvgIpc) is 3.42. The lowest BCUT2D eigenvalue weighted by Gasteiger charge is -2.24. The summed E-state index contributed by atoms with van der Waals surface area (Å²) < 4.78 is 47.5. The Morgan fingerprint density at radius 3 is 2.42 bits per heavy atom. The molecule has 2 N–H and O–H groups in total. The van der Waals surface area contributed by atoms with E-state index in [-0.39, 0.29) is 22.3 Å². The minimum atomic E-state index is -3.43. The number of hydrogen-bond donors (Lipinski definition) is 2. The molecule has 0 amide bonds. The Morgan fingerprint density at radius 1 is 1.07 bits per heavy atom. The largest absolute Gasteiger partial charge is 0.496 e. The maximum atomic E-state index is 14.0. The highest BCUT2D eigenvalue weighted by molar-refractivity contribution is 7.92. The number of nitrogens with zero attached hydrogens (tertiary/aromatic N) is 1. The molecule has 214 valence electrons. The van der Waals surface area contributed by atoms with Crippen molar-refractivity contribution in [3.8, 4) is 16.9 Å². The van der Waals surface area contributed by atoms with Crippen molar-refractivity contribution in [1.29, 1.82) is 0 Å². The fourth-order valence-corrected chi connectivity index (χ4v) is 6.06. The van der Waals surface area contributed by atoms with Gasteiger partial charge in [-0.25, -0.2) is 12.8 Å². The van der Waals surface area contributed by atoms with Crippen molar-refractivity contribution in [3.05, 3.63) is 81.5 Å². The van der Waals surface area contributed by atoms with E-state index in [4.69, 9.17) is 4.74 Å². The minimum Gasteiger partial charge on any atom is -0.496 e. The van der Waals surface area contributed by atoms with Crippen molar-refractivity contribution in [2.75, 3.05) is 37.2 Å². The van der Waals surface area contributed by atoms with Crippen molar-refractivity contribution in [2.45, 2.75) is 45.4 Å². The number of benzene rings is 2. The van der Waals surface area contributed by atoms with E-state index in [1.54, 1.807) is 25.3 Å². The van der Waals surface area contributed by atoms with E-state index in [0.717, 1.165) is 42.5 Å². The van der Waals surface area contributed by atoms with Gasteiger partial charge in [0.1, 0.15) is 11.6 Å². The van der Waals surface area contributed by atoms with Gasteiger partial charge < -0.3 is 14.6 Å². The quantitative estimate of drug-likeness (QED) is 0.298. The molecule has 1 fully saturated rings. The molecule has 9 heteroatoms. The molecule has 0 radical (unpaired) electrons. The smallest absolute Gasteiger partial charge is 0.256 e. The first-order chi connectivity index (χ1) is 18.9. The normalized spacial score (nSPS) is 14.6. The Morgan fingerprint density at radius 2 is 1.77 bits per heavy atom. The molecule has 1 saturated heterocycles. The summed E-state index contributed by atoms with van der Waals surface area (Å²) in [5.41, 5.74) is 3.11. The summed E-state index contributed by atoms with van der Waals surface area (Å²) in [7, 11) is -1.83. The molecule has 4 rings (SSSR count). The first-order valence-corrected chi connectivity index (χ1v) is 15.2. The summed E-state index contributed by atoms with van der Waals surface area (Å²) in [6.07, 6.45) is 7.79. The molecule has 0 aliphatic carbocycles. The van der Waals surface area contributed by atoms with Crippen LogP contribution in [0.1, 0.15) is 56.7 Å². The van der Waals surface area contributed by atoms with Gasteiger partial charge in [0, 0.05) is 28.6 Å². The number of methoxy groups -OCH3 is 1.